The third kappa shape index (κ3) is 5.41. The number of halogens is 1. The lowest BCUT2D eigenvalue weighted by Gasteiger charge is -2.60. The van der Waals surface area contributed by atoms with Crippen LogP contribution in [0.5, 0.6) is 0 Å². The van der Waals surface area contributed by atoms with E-state index in [0.29, 0.717) is 33.9 Å². The van der Waals surface area contributed by atoms with Crippen LogP contribution in [0.3, 0.4) is 0 Å². The minimum Gasteiger partial charge on any atom is -0.349 e. The van der Waals surface area contributed by atoms with E-state index < -0.39 is 10.0 Å². The normalized spacial score (nSPS) is 27.1. The van der Waals surface area contributed by atoms with Gasteiger partial charge in [-0.05, 0) is 111 Å². The van der Waals surface area contributed by atoms with Crippen molar-refractivity contribution in [1.82, 2.24) is 14.6 Å². The average Bonchev–Trinajstić information content (AvgIpc) is 3.87. The van der Waals surface area contributed by atoms with Crippen molar-refractivity contribution in [3.63, 3.8) is 0 Å². The molecule has 5 saturated carbocycles. The lowest BCUT2D eigenvalue weighted by molar-refractivity contribution is -0.0348. The van der Waals surface area contributed by atoms with E-state index in [2.05, 4.69) is 10.0 Å². The fourth-order valence-electron chi connectivity index (χ4n) is 8.66. The number of nitrogens with zero attached hydrogens (tertiary/aromatic N) is 1. The van der Waals surface area contributed by atoms with Gasteiger partial charge in [-0.15, -0.1) is 0 Å². The summed E-state index contributed by atoms with van der Waals surface area (Å²) in [6.07, 6.45) is 8.47. The smallest absolute Gasteiger partial charge is 0.251 e. The molecule has 9 rings (SSSR count). The zero-order valence-corrected chi connectivity index (χ0v) is 26.5. The second-order valence-corrected chi connectivity index (χ2v) is 16.2. The number of carbonyl (C=O) groups is 1. The lowest BCUT2D eigenvalue weighted by atomic mass is 9.51. The molecular formula is C36H36ClN3O4S. The first-order valence-corrected chi connectivity index (χ1v) is 17.9. The summed E-state index contributed by atoms with van der Waals surface area (Å²) in [6.45, 7) is 0. The van der Waals surface area contributed by atoms with Gasteiger partial charge in [0.15, 0.2) is 5.43 Å². The van der Waals surface area contributed by atoms with Crippen molar-refractivity contribution in [3.05, 3.63) is 111 Å². The Bertz CT molecular complexity index is 1960. The maximum Gasteiger partial charge on any atom is 0.251 e. The van der Waals surface area contributed by atoms with Crippen LogP contribution in [0.25, 0.3) is 16.6 Å². The number of aromatic nitrogens is 1. The van der Waals surface area contributed by atoms with Crippen molar-refractivity contribution >= 4 is 38.4 Å². The van der Waals surface area contributed by atoms with Crippen LogP contribution in [0.4, 0.5) is 0 Å². The standard InChI is InChI=1S/C36H36ClN3O4S/c37-28-10-13-31-32(17-28)40(29-4-2-1-3-5-29)21-27(34(31)41)14-22-6-8-24(9-7-22)35(42)38-33-25-15-23-16-26(33)20-36(18-23,19-25)39-45(43,44)30-11-12-30/h1-10,13,17,21,23,25-26,30,33,39H,11-12,14-16,18-20H2,(H,38,42)/t23?,25-,26+,33?,36?. The number of hydrogen-bond acceptors (Lipinski definition) is 4. The molecule has 9 heteroatoms. The molecule has 0 saturated heterocycles. The molecular weight excluding hydrogens is 606 g/mol. The number of hydrogen-bond donors (Lipinski definition) is 2. The molecule has 0 radical (unpaired) electrons. The Balaban J connectivity index is 0.991. The van der Waals surface area contributed by atoms with Crippen molar-refractivity contribution in [2.24, 2.45) is 17.8 Å². The highest BCUT2D eigenvalue weighted by Crippen LogP contribution is 2.56. The summed E-state index contributed by atoms with van der Waals surface area (Å²) in [4.78, 5) is 27.0. The highest BCUT2D eigenvalue weighted by molar-refractivity contribution is 7.90. The van der Waals surface area contributed by atoms with Gasteiger partial charge in [-0.3, -0.25) is 9.59 Å². The molecule has 3 unspecified atom stereocenters. The second kappa shape index (κ2) is 10.8. The quantitative estimate of drug-likeness (QED) is 0.247. The Morgan fingerprint density at radius 1 is 0.933 bits per heavy atom. The van der Waals surface area contributed by atoms with Crippen molar-refractivity contribution in [1.29, 1.82) is 0 Å². The Morgan fingerprint density at radius 3 is 2.33 bits per heavy atom. The van der Waals surface area contributed by atoms with Crippen LogP contribution in [-0.4, -0.2) is 35.7 Å². The van der Waals surface area contributed by atoms with Crippen LogP contribution in [0.1, 0.15) is 66.4 Å². The SMILES string of the molecule is O=C(NC1[C@@H]2CC3C[C@H]1CC(NS(=O)(=O)C1CC1)(C3)C2)c1ccc(Cc2cn(-c3ccccc3)c3cc(Cl)ccc3c2=O)cc1. The summed E-state index contributed by atoms with van der Waals surface area (Å²) in [5, 5.41) is 4.30. The Labute approximate surface area is 268 Å². The number of benzene rings is 3. The molecule has 0 aliphatic heterocycles. The van der Waals surface area contributed by atoms with Gasteiger partial charge in [-0.1, -0.05) is 41.9 Å². The van der Waals surface area contributed by atoms with Gasteiger partial charge < -0.3 is 9.88 Å². The number of carbonyl (C=O) groups excluding carboxylic acids is 1. The second-order valence-electron chi connectivity index (χ2n) is 13.8. The first kappa shape index (κ1) is 29.0. The first-order chi connectivity index (χ1) is 21.7. The van der Waals surface area contributed by atoms with Crippen LogP contribution in [0.15, 0.2) is 83.8 Å². The number of fused-ring (bicyclic) bond motifs is 1. The van der Waals surface area contributed by atoms with E-state index in [4.69, 9.17) is 11.6 Å². The van der Waals surface area contributed by atoms with Crippen LogP contribution in [0, 0.1) is 17.8 Å². The summed E-state index contributed by atoms with van der Waals surface area (Å²) < 4.78 is 30.8. The molecule has 5 aliphatic carbocycles. The maximum atomic E-state index is 13.5. The maximum absolute atomic E-state index is 13.5. The van der Waals surface area contributed by atoms with E-state index >= 15 is 0 Å². The van der Waals surface area contributed by atoms with Gasteiger partial charge >= 0.3 is 0 Å². The zero-order chi connectivity index (χ0) is 30.9. The van der Waals surface area contributed by atoms with Gasteiger partial charge in [0.25, 0.3) is 5.91 Å². The van der Waals surface area contributed by atoms with Crippen molar-refractivity contribution in [3.8, 4) is 5.69 Å². The number of sulfonamides is 1. The summed E-state index contributed by atoms with van der Waals surface area (Å²) in [5.74, 6) is 1.00. The molecule has 7 nitrogen and oxygen atoms in total. The van der Waals surface area contributed by atoms with Gasteiger partial charge in [0.2, 0.25) is 10.0 Å². The Hall–Kier alpha value is -3.46. The largest absolute Gasteiger partial charge is 0.349 e. The number of pyridine rings is 1. The van der Waals surface area contributed by atoms with E-state index in [0.717, 1.165) is 61.7 Å². The predicted molar refractivity (Wildman–Crippen MR) is 176 cm³/mol. The van der Waals surface area contributed by atoms with Crippen molar-refractivity contribution in [2.45, 2.75) is 68.2 Å². The third-order valence-electron chi connectivity index (χ3n) is 10.6. The van der Waals surface area contributed by atoms with E-state index in [-0.39, 0.29) is 40.0 Å². The Kier molecular flexibility index (Phi) is 6.97. The van der Waals surface area contributed by atoms with Crippen molar-refractivity contribution in [2.75, 3.05) is 0 Å². The fraction of sp³-hybridized carbons (Fsp3) is 0.389. The molecule has 2 N–H and O–H groups in total. The van der Waals surface area contributed by atoms with E-state index in [1.54, 1.807) is 12.1 Å². The molecule has 5 atom stereocenters. The summed E-state index contributed by atoms with van der Waals surface area (Å²) in [6, 6.07) is 22.8. The summed E-state index contributed by atoms with van der Waals surface area (Å²) in [7, 11) is -3.26. The van der Waals surface area contributed by atoms with Crippen LogP contribution in [-0.2, 0) is 16.4 Å². The zero-order valence-electron chi connectivity index (χ0n) is 24.9. The van der Waals surface area contributed by atoms with Gasteiger partial charge in [0.1, 0.15) is 0 Å². The average molecular weight is 642 g/mol. The van der Waals surface area contributed by atoms with Crippen LogP contribution in [0.2, 0.25) is 5.02 Å². The molecule has 4 bridgehead atoms. The topological polar surface area (TPSA) is 97.3 Å². The molecule has 5 aliphatic rings. The fourth-order valence-corrected chi connectivity index (χ4v) is 10.6. The number of amides is 1. The number of nitrogens with one attached hydrogen (secondary N) is 2. The number of para-hydroxylation sites is 1. The first-order valence-electron chi connectivity index (χ1n) is 16.0. The molecule has 1 aromatic heterocycles. The molecule has 0 spiro atoms. The van der Waals surface area contributed by atoms with Gasteiger partial charge in [0.05, 0.1) is 10.8 Å². The molecule has 1 amide bonds. The van der Waals surface area contributed by atoms with Gasteiger partial charge in [0, 0.05) is 51.4 Å². The van der Waals surface area contributed by atoms with Crippen molar-refractivity contribution < 1.29 is 13.2 Å². The predicted octanol–water partition coefficient (Wildman–Crippen LogP) is 5.99. The minimum absolute atomic E-state index is 0.0326. The summed E-state index contributed by atoms with van der Waals surface area (Å²) >= 11 is 6.31. The van der Waals surface area contributed by atoms with Crippen LogP contribution < -0.4 is 15.5 Å². The molecule has 45 heavy (non-hydrogen) atoms. The van der Waals surface area contributed by atoms with Gasteiger partial charge in [-0.2, -0.15) is 0 Å². The lowest BCUT2D eigenvalue weighted by Crippen LogP contribution is -2.66. The molecule has 232 valence electrons. The van der Waals surface area contributed by atoms with Gasteiger partial charge in [-0.25, -0.2) is 13.1 Å². The molecule has 4 aromatic rings. The molecule has 3 aromatic carbocycles. The highest BCUT2D eigenvalue weighted by atomic mass is 35.5. The van der Waals surface area contributed by atoms with Crippen LogP contribution >= 0.6 is 11.6 Å². The van der Waals surface area contributed by atoms with E-state index in [1.807, 2.05) is 71.4 Å². The van der Waals surface area contributed by atoms with E-state index in [1.165, 1.54) is 0 Å². The highest BCUT2D eigenvalue weighted by Gasteiger charge is 2.57. The summed E-state index contributed by atoms with van der Waals surface area (Å²) in [5.41, 5.74) is 3.51. The third-order valence-corrected chi connectivity index (χ3v) is 12.9. The van der Waals surface area contributed by atoms with E-state index in [9.17, 15) is 18.0 Å². The minimum atomic E-state index is -3.26. The number of rotatable bonds is 8. The molecule has 1 heterocycles. The monoisotopic (exact) mass is 641 g/mol. The molecule has 5 fully saturated rings. The Morgan fingerprint density at radius 2 is 1.64 bits per heavy atom.